The van der Waals surface area contributed by atoms with Gasteiger partial charge in [-0.15, -0.1) is 0 Å². The second-order valence-corrected chi connectivity index (χ2v) is 5.11. The molecular formula is C10H11N3O5S. The predicted molar refractivity (Wildman–Crippen MR) is 62.6 cm³/mol. The molecule has 0 aliphatic heterocycles. The van der Waals surface area contributed by atoms with Crippen LogP contribution in [0, 0.1) is 11.3 Å². The van der Waals surface area contributed by atoms with Gasteiger partial charge in [0, 0.05) is 13.3 Å². The van der Waals surface area contributed by atoms with Crippen molar-refractivity contribution in [3.05, 3.63) is 24.0 Å². The van der Waals surface area contributed by atoms with Crippen molar-refractivity contribution in [2.24, 2.45) is 0 Å². The van der Waals surface area contributed by atoms with Crippen LogP contribution in [0.3, 0.4) is 0 Å². The summed E-state index contributed by atoms with van der Waals surface area (Å²) in [6.45, 7) is -0.337. The van der Waals surface area contributed by atoms with E-state index in [1.165, 1.54) is 25.4 Å². The Balaban J connectivity index is 3.11. The Labute approximate surface area is 109 Å². The van der Waals surface area contributed by atoms with Crippen molar-refractivity contribution in [2.45, 2.75) is 10.9 Å². The third kappa shape index (κ3) is 3.72. The largest absolute Gasteiger partial charge is 0.480 e. The van der Waals surface area contributed by atoms with Crippen LogP contribution in [0.25, 0.3) is 0 Å². The van der Waals surface area contributed by atoms with E-state index in [4.69, 9.17) is 10.4 Å². The summed E-state index contributed by atoms with van der Waals surface area (Å²) in [5.41, 5.74) is -0.309. The summed E-state index contributed by atoms with van der Waals surface area (Å²) >= 11 is 0. The van der Waals surface area contributed by atoms with Crippen LogP contribution in [0.2, 0.25) is 0 Å². The zero-order valence-corrected chi connectivity index (χ0v) is 10.7. The maximum absolute atomic E-state index is 12.0. The minimum atomic E-state index is -4.17. The quantitative estimate of drug-likeness (QED) is 0.709. The Hall–Kier alpha value is -2.02. The third-order valence-electron chi connectivity index (χ3n) is 2.09. The highest BCUT2D eigenvalue weighted by atomic mass is 32.2. The van der Waals surface area contributed by atoms with E-state index in [-0.39, 0.29) is 17.2 Å². The molecule has 8 nitrogen and oxygen atoms in total. The molecular weight excluding hydrogens is 274 g/mol. The fraction of sp³-hybridized carbons (Fsp3) is 0.300. The molecule has 0 aliphatic carbocycles. The minimum Gasteiger partial charge on any atom is -0.480 e. The van der Waals surface area contributed by atoms with Crippen LogP contribution in [-0.2, 0) is 19.6 Å². The number of ether oxygens (including phenoxy) is 1. The number of aromatic nitrogens is 1. The van der Waals surface area contributed by atoms with Gasteiger partial charge in [-0.2, -0.15) is 9.98 Å². The molecule has 102 valence electrons. The molecule has 0 spiro atoms. The predicted octanol–water partition coefficient (Wildman–Crippen LogP) is -0.669. The van der Waals surface area contributed by atoms with E-state index in [1.807, 2.05) is 4.72 Å². The number of hydrogen-bond donors (Lipinski definition) is 2. The van der Waals surface area contributed by atoms with Crippen LogP contribution in [0.5, 0.6) is 0 Å². The van der Waals surface area contributed by atoms with Gasteiger partial charge in [-0.05, 0) is 12.1 Å². The van der Waals surface area contributed by atoms with Crippen LogP contribution in [-0.4, -0.2) is 44.2 Å². The van der Waals surface area contributed by atoms with E-state index in [0.717, 1.165) is 0 Å². The molecule has 0 saturated carbocycles. The standard InChI is InChI=1S/C10H11N3O5S/c1-18-6-8(10(14)15)13-19(16,17)9-3-2-4-12-7(9)5-11/h2-4,8,13H,6H2,1H3,(H,14,15). The van der Waals surface area contributed by atoms with Crippen LogP contribution >= 0.6 is 0 Å². The van der Waals surface area contributed by atoms with Gasteiger partial charge in [0.1, 0.15) is 17.0 Å². The molecule has 1 heterocycles. The maximum atomic E-state index is 12.0. The first kappa shape index (κ1) is 15.0. The third-order valence-corrected chi connectivity index (χ3v) is 3.60. The lowest BCUT2D eigenvalue weighted by molar-refractivity contribution is -0.140. The molecule has 0 bridgehead atoms. The number of carboxylic acids is 1. The van der Waals surface area contributed by atoms with Gasteiger partial charge in [-0.1, -0.05) is 0 Å². The Kier molecular flexibility index (Phi) is 4.94. The minimum absolute atomic E-state index is 0.309. The van der Waals surface area contributed by atoms with E-state index >= 15 is 0 Å². The summed E-state index contributed by atoms with van der Waals surface area (Å²) in [6.07, 6.45) is 1.27. The lowest BCUT2D eigenvalue weighted by Crippen LogP contribution is -2.43. The van der Waals surface area contributed by atoms with Gasteiger partial charge in [0.05, 0.1) is 6.61 Å². The first-order valence-electron chi connectivity index (χ1n) is 5.01. The van der Waals surface area contributed by atoms with Crippen LogP contribution < -0.4 is 4.72 Å². The number of hydrogen-bond acceptors (Lipinski definition) is 6. The smallest absolute Gasteiger partial charge is 0.324 e. The van der Waals surface area contributed by atoms with Crippen molar-refractivity contribution in [3.63, 3.8) is 0 Å². The number of nitrogens with zero attached hydrogens (tertiary/aromatic N) is 2. The second kappa shape index (κ2) is 6.24. The summed E-state index contributed by atoms with van der Waals surface area (Å²) in [7, 11) is -2.92. The average molecular weight is 285 g/mol. The number of sulfonamides is 1. The lowest BCUT2D eigenvalue weighted by Gasteiger charge is -2.14. The van der Waals surface area contributed by atoms with E-state index in [9.17, 15) is 13.2 Å². The Morgan fingerprint density at radius 2 is 2.37 bits per heavy atom. The molecule has 2 N–H and O–H groups in total. The molecule has 1 rings (SSSR count). The van der Waals surface area contributed by atoms with Gasteiger partial charge >= 0.3 is 5.97 Å². The van der Waals surface area contributed by atoms with Gasteiger partial charge in [-0.3, -0.25) is 4.79 Å². The van der Waals surface area contributed by atoms with E-state index in [2.05, 4.69) is 9.72 Å². The molecule has 0 amide bonds. The summed E-state index contributed by atoms with van der Waals surface area (Å²) in [6, 6.07) is 2.69. The van der Waals surface area contributed by atoms with Crippen LogP contribution in [0.4, 0.5) is 0 Å². The van der Waals surface area contributed by atoms with Crippen molar-refractivity contribution in [3.8, 4) is 6.07 Å². The van der Waals surface area contributed by atoms with E-state index in [1.54, 1.807) is 6.07 Å². The molecule has 0 aromatic carbocycles. The van der Waals surface area contributed by atoms with Crippen molar-refractivity contribution >= 4 is 16.0 Å². The van der Waals surface area contributed by atoms with Crippen molar-refractivity contribution in [2.75, 3.05) is 13.7 Å². The topological polar surface area (TPSA) is 129 Å². The molecule has 0 fully saturated rings. The monoisotopic (exact) mass is 285 g/mol. The zero-order chi connectivity index (χ0) is 14.5. The normalized spacial score (nSPS) is 12.6. The Morgan fingerprint density at radius 3 is 2.89 bits per heavy atom. The van der Waals surface area contributed by atoms with Gasteiger partial charge in [-0.25, -0.2) is 13.4 Å². The molecule has 19 heavy (non-hydrogen) atoms. The number of pyridine rings is 1. The lowest BCUT2D eigenvalue weighted by atomic mass is 10.3. The SMILES string of the molecule is COCC(NS(=O)(=O)c1cccnc1C#N)C(=O)O. The van der Waals surface area contributed by atoms with E-state index in [0.29, 0.717) is 0 Å². The molecule has 0 saturated heterocycles. The molecule has 1 aromatic heterocycles. The summed E-state index contributed by atoms with van der Waals surface area (Å²) in [5, 5.41) is 17.6. The zero-order valence-electron chi connectivity index (χ0n) is 9.90. The molecule has 0 radical (unpaired) electrons. The molecule has 1 aromatic rings. The van der Waals surface area contributed by atoms with Crippen LogP contribution in [0.1, 0.15) is 5.69 Å². The van der Waals surface area contributed by atoms with E-state index < -0.39 is 22.0 Å². The summed E-state index contributed by atoms with van der Waals surface area (Å²) in [5.74, 6) is -1.38. The number of methoxy groups -OCH3 is 1. The fourth-order valence-electron chi connectivity index (χ4n) is 1.26. The fourth-order valence-corrected chi connectivity index (χ4v) is 2.55. The second-order valence-electron chi connectivity index (χ2n) is 3.43. The number of aliphatic carboxylic acids is 1. The average Bonchev–Trinajstić information content (AvgIpc) is 2.38. The summed E-state index contributed by atoms with van der Waals surface area (Å²) < 4.78 is 30.5. The molecule has 1 atom stereocenters. The van der Waals surface area contributed by atoms with Gasteiger partial charge in [0.25, 0.3) is 0 Å². The van der Waals surface area contributed by atoms with Gasteiger partial charge < -0.3 is 9.84 Å². The first-order valence-corrected chi connectivity index (χ1v) is 6.50. The Morgan fingerprint density at radius 1 is 1.68 bits per heavy atom. The van der Waals surface area contributed by atoms with Gasteiger partial charge in [0.2, 0.25) is 10.0 Å². The number of rotatable bonds is 6. The molecule has 9 heteroatoms. The van der Waals surface area contributed by atoms with Gasteiger partial charge in [0.15, 0.2) is 5.69 Å². The van der Waals surface area contributed by atoms with Crippen molar-refractivity contribution < 1.29 is 23.1 Å². The van der Waals surface area contributed by atoms with Crippen molar-refractivity contribution in [1.29, 1.82) is 5.26 Å². The highest BCUT2D eigenvalue weighted by molar-refractivity contribution is 7.89. The first-order chi connectivity index (χ1) is 8.92. The number of nitriles is 1. The molecule has 1 unspecified atom stereocenters. The maximum Gasteiger partial charge on any atom is 0.324 e. The molecule has 0 aliphatic rings. The van der Waals surface area contributed by atoms with Crippen LogP contribution in [0.15, 0.2) is 23.2 Å². The number of carboxylic acid groups (broad SMARTS) is 1. The Bertz CT molecular complexity index is 608. The highest BCUT2D eigenvalue weighted by Crippen LogP contribution is 2.12. The number of nitrogens with one attached hydrogen (secondary N) is 1. The van der Waals surface area contributed by atoms with Crippen molar-refractivity contribution in [1.82, 2.24) is 9.71 Å². The highest BCUT2D eigenvalue weighted by Gasteiger charge is 2.27. The summed E-state index contributed by atoms with van der Waals surface area (Å²) in [4.78, 5) is 14.1. The number of carbonyl (C=O) groups is 1.